The summed E-state index contributed by atoms with van der Waals surface area (Å²) in [6.45, 7) is -1.82. The van der Waals surface area contributed by atoms with Gasteiger partial charge in [0.05, 0.1) is 11.1 Å². The van der Waals surface area contributed by atoms with Crippen molar-refractivity contribution in [3.8, 4) is 34.5 Å². The van der Waals surface area contributed by atoms with Gasteiger partial charge in [-0.3, -0.25) is 0 Å². The van der Waals surface area contributed by atoms with Crippen LogP contribution in [0.3, 0.4) is 0 Å². The van der Waals surface area contributed by atoms with Crippen LogP contribution in [0.1, 0.15) is 20.7 Å². The Morgan fingerprint density at radius 2 is 1.29 bits per heavy atom. The third kappa shape index (κ3) is 4.81. The highest BCUT2D eigenvalue weighted by molar-refractivity contribution is 5.91. The summed E-state index contributed by atoms with van der Waals surface area (Å²) in [5, 5.41) is 80.2. The lowest BCUT2D eigenvalue weighted by atomic mass is 9.95. The smallest absolute Gasteiger partial charge is 0.338 e. The molecule has 3 rings (SSSR count). The highest BCUT2D eigenvalue weighted by Crippen LogP contribution is 2.37. The van der Waals surface area contributed by atoms with E-state index in [4.69, 9.17) is 14.2 Å². The molecule has 2 unspecified atom stereocenters. The Bertz CT molecular complexity index is 1120. The van der Waals surface area contributed by atoms with Crippen LogP contribution in [0.2, 0.25) is 0 Å². The van der Waals surface area contributed by atoms with Gasteiger partial charge < -0.3 is 55.1 Å². The Morgan fingerprint density at radius 1 is 0.857 bits per heavy atom. The van der Waals surface area contributed by atoms with Crippen LogP contribution in [0, 0.1) is 4.91 Å². The number of esters is 2. The first-order chi connectivity index (χ1) is 16.4. The van der Waals surface area contributed by atoms with Crippen molar-refractivity contribution in [3.63, 3.8) is 0 Å². The summed E-state index contributed by atoms with van der Waals surface area (Å²) in [6.07, 6.45) is -5.49. The average molecular weight is 497 g/mol. The number of benzene rings is 2. The number of nitrogens with zero attached hydrogens (tertiary/aromatic N) is 1. The fourth-order valence-corrected chi connectivity index (χ4v) is 3.18. The number of aliphatic hydroxyl groups is 2. The molecular formula is C20H19NO14. The lowest BCUT2D eigenvalue weighted by Gasteiger charge is -2.27. The summed E-state index contributed by atoms with van der Waals surface area (Å²) in [5.41, 5.74) is -3.43. The molecule has 1 saturated heterocycles. The number of aliphatic hydroxyl groups excluding tert-OH is 1. The van der Waals surface area contributed by atoms with Gasteiger partial charge in [0.15, 0.2) is 40.1 Å². The minimum atomic E-state index is -2.59. The first-order valence-electron chi connectivity index (χ1n) is 9.61. The van der Waals surface area contributed by atoms with E-state index >= 15 is 0 Å². The summed E-state index contributed by atoms with van der Waals surface area (Å²) in [5.74, 6) is -7.45. The van der Waals surface area contributed by atoms with Crippen LogP contribution in [0.25, 0.3) is 0 Å². The van der Waals surface area contributed by atoms with Gasteiger partial charge in [-0.25, -0.2) is 9.59 Å². The van der Waals surface area contributed by atoms with E-state index in [1.165, 1.54) is 0 Å². The number of nitroso groups, excluding NO2 is 1. The molecule has 15 heteroatoms. The van der Waals surface area contributed by atoms with Crippen molar-refractivity contribution in [2.45, 2.75) is 24.0 Å². The van der Waals surface area contributed by atoms with E-state index in [-0.39, 0.29) is 5.56 Å². The third-order valence-corrected chi connectivity index (χ3v) is 5.12. The molecule has 0 aromatic heterocycles. The Labute approximate surface area is 194 Å². The van der Waals surface area contributed by atoms with E-state index < -0.39 is 89.2 Å². The minimum absolute atomic E-state index is 0.389. The second kappa shape index (κ2) is 9.49. The monoisotopic (exact) mass is 497 g/mol. The SMILES string of the molecule is O=N[C@@H]1O[C@H](COC(=O)c2cc(O)c(O)c(O)c2)C(O)C1(O)COC(=O)c1cc(O)c(O)c(O)c1. The van der Waals surface area contributed by atoms with Gasteiger partial charge in [0.25, 0.3) is 0 Å². The maximum Gasteiger partial charge on any atom is 0.338 e. The Kier molecular flexibility index (Phi) is 6.86. The maximum absolute atomic E-state index is 12.2. The number of ether oxygens (including phenoxy) is 3. The second-order valence-corrected chi connectivity index (χ2v) is 7.47. The molecule has 4 atom stereocenters. The molecule has 2 aromatic carbocycles. The fourth-order valence-electron chi connectivity index (χ4n) is 3.18. The van der Waals surface area contributed by atoms with Gasteiger partial charge in [0.1, 0.15) is 25.4 Å². The van der Waals surface area contributed by atoms with E-state index in [0.717, 1.165) is 24.3 Å². The number of hydrogen-bond donors (Lipinski definition) is 8. The molecule has 35 heavy (non-hydrogen) atoms. The summed E-state index contributed by atoms with van der Waals surface area (Å²) >= 11 is 0. The van der Waals surface area contributed by atoms with Gasteiger partial charge in [0, 0.05) is 0 Å². The van der Waals surface area contributed by atoms with E-state index in [2.05, 4.69) is 5.18 Å². The van der Waals surface area contributed by atoms with E-state index in [1.54, 1.807) is 0 Å². The van der Waals surface area contributed by atoms with Crippen molar-refractivity contribution < 1.29 is 64.7 Å². The normalized spacial score (nSPS) is 23.5. The van der Waals surface area contributed by atoms with Gasteiger partial charge in [-0.15, -0.1) is 4.91 Å². The first-order valence-corrected chi connectivity index (χ1v) is 9.61. The van der Waals surface area contributed by atoms with Crippen molar-refractivity contribution in [2.24, 2.45) is 5.18 Å². The molecule has 1 fully saturated rings. The zero-order valence-corrected chi connectivity index (χ0v) is 17.4. The number of phenolic OH excluding ortho intramolecular Hbond substituents is 6. The molecule has 0 radical (unpaired) electrons. The van der Waals surface area contributed by atoms with Crippen LogP contribution in [0.4, 0.5) is 0 Å². The number of phenols is 6. The van der Waals surface area contributed by atoms with Gasteiger partial charge in [0.2, 0.25) is 6.23 Å². The van der Waals surface area contributed by atoms with Gasteiger partial charge in [-0.05, 0) is 29.4 Å². The summed E-state index contributed by atoms with van der Waals surface area (Å²) in [6, 6.07) is 3.07. The highest BCUT2D eigenvalue weighted by Gasteiger charge is 2.58. The molecule has 1 aliphatic rings. The number of rotatable bonds is 7. The molecule has 0 aliphatic carbocycles. The second-order valence-electron chi connectivity index (χ2n) is 7.47. The molecule has 0 spiro atoms. The van der Waals surface area contributed by atoms with Crippen LogP contribution < -0.4 is 0 Å². The van der Waals surface area contributed by atoms with E-state index in [9.17, 15) is 55.3 Å². The van der Waals surface area contributed by atoms with Crippen LogP contribution in [-0.2, 0) is 14.2 Å². The fraction of sp³-hybridized carbons (Fsp3) is 0.300. The number of hydrogen-bond acceptors (Lipinski definition) is 15. The molecule has 1 aliphatic heterocycles. The van der Waals surface area contributed by atoms with Gasteiger partial charge in [-0.1, -0.05) is 0 Å². The Morgan fingerprint density at radius 3 is 1.71 bits per heavy atom. The summed E-state index contributed by atoms with van der Waals surface area (Å²) in [4.78, 5) is 35.5. The van der Waals surface area contributed by atoms with Crippen LogP contribution in [0.15, 0.2) is 29.4 Å². The number of carbonyl (C=O) groups excluding carboxylic acids is 2. The topological polar surface area (TPSA) is 253 Å². The Hall–Kier alpha value is -4.34. The molecule has 15 nitrogen and oxygen atoms in total. The minimum Gasteiger partial charge on any atom is -0.504 e. The number of carbonyl (C=O) groups is 2. The predicted octanol–water partition coefficient (Wildman–Crippen LogP) is -0.483. The predicted molar refractivity (Wildman–Crippen MR) is 109 cm³/mol. The maximum atomic E-state index is 12.2. The largest absolute Gasteiger partial charge is 0.504 e. The lowest BCUT2D eigenvalue weighted by Crippen LogP contribution is -2.52. The summed E-state index contributed by atoms with van der Waals surface area (Å²) in [7, 11) is 0. The van der Waals surface area contributed by atoms with Crippen molar-refractivity contribution in [1.29, 1.82) is 0 Å². The average Bonchev–Trinajstić information content (AvgIpc) is 3.06. The van der Waals surface area contributed by atoms with Crippen molar-refractivity contribution in [1.82, 2.24) is 0 Å². The first kappa shape index (κ1) is 25.3. The Balaban J connectivity index is 1.67. The van der Waals surface area contributed by atoms with E-state index in [1.807, 2.05) is 0 Å². The molecule has 8 N–H and O–H groups in total. The van der Waals surface area contributed by atoms with Gasteiger partial charge in [-0.2, -0.15) is 0 Å². The zero-order chi connectivity index (χ0) is 26.1. The molecule has 0 amide bonds. The molecular weight excluding hydrogens is 478 g/mol. The van der Waals surface area contributed by atoms with Crippen LogP contribution >= 0.6 is 0 Å². The van der Waals surface area contributed by atoms with Gasteiger partial charge >= 0.3 is 11.9 Å². The molecule has 0 saturated carbocycles. The number of aromatic hydroxyl groups is 6. The highest BCUT2D eigenvalue weighted by atomic mass is 16.6. The van der Waals surface area contributed by atoms with Crippen LogP contribution in [-0.4, -0.2) is 90.0 Å². The van der Waals surface area contributed by atoms with Crippen molar-refractivity contribution in [3.05, 3.63) is 40.3 Å². The molecule has 1 heterocycles. The quantitative estimate of drug-likeness (QED) is 0.137. The van der Waals surface area contributed by atoms with Crippen molar-refractivity contribution >= 4 is 11.9 Å². The van der Waals surface area contributed by atoms with E-state index in [0.29, 0.717) is 0 Å². The standard InChI is InChI=1S/C20H19NO14/c22-9-1-7(2-10(23)14(9)26)17(29)33-5-13-16(28)20(31,19(21-32)35-13)6-34-18(30)8-3-11(24)15(27)12(25)4-8/h1-4,13,16,19,22-28,31H,5-6H2/t13-,16?,19-,20?/m1/s1. The third-order valence-electron chi connectivity index (χ3n) is 5.12. The zero-order valence-electron chi connectivity index (χ0n) is 17.4. The molecule has 188 valence electrons. The van der Waals surface area contributed by atoms with Crippen molar-refractivity contribution in [2.75, 3.05) is 13.2 Å². The molecule has 2 aromatic rings. The molecule has 0 bridgehead atoms. The lowest BCUT2D eigenvalue weighted by molar-refractivity contribution is -0.110. The summed E-state index contributed by atoms with van der Waals surface area (Å²) < 4.78 is 14.8. The van der Waals surface area contributed by atoms with Crippen LogP contribution in [0.5, 0.6) is 34.5 Å².